The van der Waals surface area contributed by atoms with E-state index in [2.05, 4.69) is 5.32 Å². The van der Waals surface area contributed by atoms with Crippen LogP contribution in [-0.4, -0.2) is 26.2 Å². The topological polar surface area (TPSA) is 56.8 Å². The van der Waals surface area contributed by atoms with Crippen molar-refractivity contribution in [3.8, 4) is 17.2 Å². The van der Waals surface area contributed by atoms with Gasteiger partial charge in [-0.05, 0) is 50.2 Å². The minimum atomic E-state index is -0.248. The highest BCUT2D eigenvalue weighted by molar-refractivity contribution is 6.06. The Morgan fingerprint density at radius 1 is 0.957 bits per heavy atom. The summed E-state index contributed by atoms with van der Waals surface area (Å²) >= 11 is 0. The molecule has 0 heterocycles. The molecule has 0 atom stereocenters. The van der Waals surface area contributed by atoms with Crippen molar-refractivity contribution >= 4 is 11.6 Å². The maximum Gasteiger partial charge on any atom is 0.259 e. The van der Waals surface area contributed by atoms with Crippen LogP contribution in [0.15, 0.2) is 42.5 Å². The smallest absolute Gasteiger partial charge is 0.259 e. The van der Waals surface area contributed by atoms with Gasteiger partial charge in [0.15, 0.2) is 0 Å². The Morgan fingerprint density at radius 3 is 2.17 bits per heavy atom. The van der Waals surface area contributed by atoms with Crippen LogP contribution in [0.3, 0.4) is 0 Å². The second-order valence-electron chi connectivity index (χ2n) is 5.21. The van der Waals surface area contributed by atoms with Crippen LogP contribution in [0.1, 0.15) is 24.2 Å². The summed E-state index contributed by atoms with van der Waals surface area (Å²) in [5, 5.41) is 2.84. The molecule has 0 saturated carbocycles. The molecule has 0 unspecified atom stereocenters. The summed E-state index contributed by atoms with van der Waals surface area (Å²) in [6.45, 7) is 3.93. The standard InChI is InChI=1S/C18H21NO4/c1-12(2)23-14-7-5-13(6-8-14)19-18(20)16-10-9-15(21-3)11-17(16)22-4/h5-12H,1-4H3,(H,19,20). The maximum atomic E-state index is 12.4. The first-order valence-electron chi connectivity index (χ1n) is 7.33. The number of benzene rings is 2. The average molecular weight is 315 g/mol. The van der Waals surface area contributed by atoms with Crippen molar-refractivity contribution in [2.45, 2.75) is 20.0 Å². The molecule has 0 aliphatic heterocycles. The van der Waals surface area contributed by atoms with Crippen molar-refractivity contribution in [3.05, 3.63) is 48.0 Å². The van der Waals surface area contributed by atoms with Gasteiger partial charge in [0.05, 0.1) is 25.9 Å². The molecule has 2 rings (SSSR count). The number of nitrogens with one attached hydrogen (secondary N) is 1. The zero-order valence-electron chi connectivity index (χ0n) is 13.8. The van der Waals surface area contributed by atoms with Gasteiger partial charge in [-0.3, -0.25) is 4.79 Å². The molecular formula is C18H21NO4. The van der Waals surface area contributed by atoms with Crippen molar-refractivity contribution in [1.29, 1.82) is 0 Å². The molecule has 0 aliphatic carbocycles. The number of anilines is 1. The van der Waals surface area contributed by atoms with E-state index in [1.54, 1.807) is 37.4 Å². The first-order valence-corrected chi connectivity index (χ1v) is 7.33. The Bertz CT molecular complexity index is 665. The van der Waals surface area contributed by atoms with Crippen LogP contribution in [0.4, 0.5) is 5.69 Å². The van der Waals surface area contributed by atoms with Gasteiger partial charge in [-0.25, -0.2) is 0 Å². The van der Waals surface area contributed by atoms with Crippen LogP contribution in [0.25, 0.3) is 0 Å². The van der Waals surface area contributed by atoms with E-state index in [1.807, 2.05) is 26.0 Å². The van der Waals surface area contributed by atoms with Crippen LogP contribution in [-0.2, 0) is 0 Å². The number of hydrogen-bond donors (Lipinski definition) is 1. The molecule has 0 radical (unpaired) electrons. The van der Waals surface area contributed by atoms with E-state index in [0.717, 1.165) is 5.75 Å². The molecule has 2 aromatic rings. The van der Waals surface area contributed by atoms with E-state index in [0.29, 0.717) is 22.7 Å². The van der Waals surface area contributed by atoms with Crippen LogP contribution in [0.5, 0.6) is 17.2 Å². The van der Waals surface area contributed by atoms with Gasteiger partial charge in [0.1, 0.15) is 17.2 Å². The second kappa shape index (κ2) is 7.54. The molecule has 122 valence electrons. The molecule has 23 heavy (non-hydrogen) atoms. The summed E-state index contributed by atoms with van der Waals surface area (Å²) in [4.78, 5) is 12.4. The van der Waals surface area contributed by atoms with Gasteiger partial charge in [0.25, 0.3) is 5.91 Å². The van der Waals surface area contributed by atoms with E-state index in [1.165, 1.54) is 7.11 Å². The summed E-state index contributed by atoms with van der Waals surface area (Å²) in [6.07, 6.45) is 0.110. The van der Waals surface area contributed by atoms with Gasteiger partial charge >= 0.3 is 0 Å². The molecule has 0 fully saturated rings. The molecule has 0 spiro atoms. The van der Waals surface area contributed by atoms with E-state index in [4.69, 9.17) is 14.2 Å². The lowest BCUT2D eigenvalue weighted by Gasteiger charge is -2.12. The van der Waals surface area contributed by atoms with Crippen molar-refractivity contribution in [2.24, 2.45) is 0 Å². The zero-order valence-corrected chi connectivity index (χ0v) is 13.8. The van der Waals surface area contributed by atoms with Crippen molar-refractivity contribution in [1.82, 2.24) is 0 Å². The lowest BCUT2D eigenvalue weighted by atomic mass is 10.1. The van der Waals surface area contributed by atoms with Crippen LogP contribution < -0.4 is 19.5 Å². The monoisotopic (exact) mass is 315 g/mol. The summed E-state index contributed by atoms with van der Waals surface area (Å²) in [7, 11) is 3.08. The third-order valence-electron chi connectivity index (χ3n) is 3.14. The van der Waals surface area contributed by atoms with Crippen LogP contribution in [0, 0.1) is 0 Å². The lowest BCUT2D eigenvalue weighted by Crippen LogP contribution is -2.13. The van der Waals surface area contributed by atoms with Crippen molar-refractivity contribution in [2.75, 3.05) is 19.5 Å². The average Bonchev–Trinajstić information content (AvgIpc) is 2.55. The van der Waals surface area contributed by atoms with Crippen molar-refractivity contribution < 1.29 is 19.0 Å². The van der Waals surface area contributed by atoms with Gasteiger partial charge in [-0.15, -0.1) is 0 Å². The molecule has 2 aromatic carbocycles. The minimum Gasteiger partial charge on any atom is -0.497 e. The van der Waals surface area contributed by atoms with Gasteiger partial charge in [0, 0.05) is 11.8 Å². The quantitative estimate of drug-likeness (QED) is 0.882. The summed E-state index contributed by atoms with van der Waals surface area (Å²) in [6, 6.07) is 12.3. The van der Waals surface area contributed by atoms with Gasteiger partial charge < -0.3 is 19.5 Å². The highest BCUT2D eigenvalue weighted by atomic mass is 16.5. The van der Waals surface area contributed by atoms with E-state index in [-0.39, 0.29) is 12.0 Å². The predicted molar refractivity (Wildman–Crippen MR) is 89.7 cm³/mol. The lowest BCUT2D eigenvalue weighted by molar-refractivity contribution is 0.102. The van der Waals surface area contributed by atoms with Gasteiger partial charge in [0.2, 0.25) is 0 Å². The third-order valence-corrected chi connectivity index (χ3v) is 3.14. The number of carbonyl (C=O) groups is 1. The normalized spacial score (nSPS) is 10.3. The number of ether oxygens (including phenoxy) is 3. The number of methoxy groups -OCH3 is 2. The maximum absolute atomic E-state index is 12.4. The molecular weight excluding hydrogens is 294 g/mol. The summed E-state index contributed by atoms with van der Waals surface area (Å²) in [5.74, 6) is 1.61. The summed E-state index contributed by atoms with van der Waals surface area (Å²) < 4.78 is 16.0. The Kier molecular flexibility index (Phi) is 5.46. The second-order valence-corrected chi connectivity index (χ2v) is 5.21. The molecule has 1 N–H and O–H groups in total. The first kappa shape index (κ1) is 16.7. The first-order chi connectivity index (χ1) is 11.0. The number of carbonyl (C=O) groups excluding carboxylic acids is 1. The van der Waals surface area contributed by atoms with E-state index < -0.39 is 0 Å². The van der Waals surface area contributed by atoms with Gasteiger partial charge in [-0.2, -0.15) is 0 Å². The molecule has 5 heteroatoms. The highest BCUT2D eigenvalue weighted by Crippen LogP contribution is 2.26. The Hall–Kier alpha value is -2.69. The molecule has 0 saturated heterocycles. The van der Waals surface area contributed by atoms with E-state index >= 15 is 0 Å². The Labute approximate surface area is 136 Å². The third kappa shape index (κ3) is 4.39. The number of hydrogen-bond acceptors (Lipinski definition) is 4. The number of amides is 1. The highest BCUT2D eigenvalue weighted by Gasteiger charge is 2.13. The SMILES string of the molecule is COc1ccc(C(=O)Nc2ccc(OC(C)C)cc2)c(OC)c1. The zero-order chi connectivity index (χ0) is 16.8. The fourth-order valence-corrected chi connectivity index (χ4v) is 2.07. The number of rotatable bonds is 6. The molecule has 0 bridgehead atoms. The predicted octanol–water partition coefficient (Wildman–Crippen LogP) is 3.74. The van der Waals surface area contributed by atoms with Crippen LogP contribution >= 0.6 is 0 Å². The summed E-state index contributed by atoms with van der Waals surface area (Å²) in [5.41, 5.74) is 1.12. The van der Waals surface area contributed by atoms with Crippen LogP contribution in [0.2, 0.25) is 0 Å². The van der Waals surface area contributed by atoms with Crippen molar-refractivity contribution in [3.63, 3.8) is 0 Å². The molecule has 0 aromatic heterocycles. The fraction of sp³-hybridized carbons (Fsp3) is 0.278. The van der Waals surface area contributed by atoms with Gasteiger partial charge in [-0.1, -0.05) is 0 Å². The minimum absolute atomic E-state index is 0.110. The largest absolute Gasteiger partial charge is 0.497 e. The molecule has 5 nitrogen and oxygen atoms in total. The molecule has 0 aliphatic rings. The Morgan fingerprint density at radius 2 is 1.61 bits per heavy atom. The molecule has 1 amide bonds. The van der Waals surface area contributed by atoms with E-state index in [9.17, 15) is 4.79 Å². The Balaban J connectivity index is 2.12. The fourth-order valence-electron chi connectivity index (χ4n) is 2.07.